The number of aryl methyl sites for hydroxylation is 1. The Labute approximate surface area is 184 Å². The second-order valence-electron chi connectivity index (χ2n) is 9.33. The smallest absolute Gasteiger partial charge is 0.272 e. The molecule has 8 rings (SSSR count). The van der Waals surface area contributed by atoms with Gasteiger partial charge in [-0.15, -0.1) is 0 Å². The van der Waals surface area contributed by atoms with Crippen molar-refractivity contribution in [2.24, 2.45) is 11.8 Å². The van der Waals surface area contributed by atoms with Gasteiger partial charge in [0, 0.05) is 42.9 Å². The van der Waals surface area contributed by atoms with E-state index >= 15 is 0 Å². The molecule has 4 aliphatic rings. The fourth-order valence-electron chi connectivity index (χ4n) is 6.56. The normalized spacial score (nSPS) is 25.0. The van der Waals surface area contributed by atoms with Gasteiger partial charge in [-0.05, 0) is 41.0 Å². The lowest BCUT2D eigenvalue weighted by Crippen LogP contribution is -2.39. The van der Waals surface area contributed by atoms with Gasteiger partial charge in [-0.2, -0.15) is 0 Å². The quantitative estimate of drug-likeness (QED) is 0.512. The highest BCUT2D eigenvalue weighted by Gasteiger charge is 2.53. The first-order chi connectivity index (χ1) is 15.6. The summed E-state index contributed by atoms with van der Waals surface area (Å²) >= 11 is 0. The van der Waals surface area contributed by atoms with Gasteiger partial charge >= 0.3 is 0 Å². The molecule has 158 valence electrons. The Balaban J connectivity index is 1.31. The standard InChI is InChI=1S/C26H22N4O2/c1-14-10-22(31)30-25(28-14)19(11-27-30)26(32)29-12-20-21(13-29)24-16-7-3-2-6-15(16)23(20)17-8-4-5-9-18(17)24/h2-11,20-21,23-24,27H,12-13H2,1H3/t20-,21-,23?,24?/m0/s1. The molecule has 6 nitrogen and oxygen atoms in total. The molecule has 1 amide bonds. The monoisotopic (exact) mass is 422 g/mol. The molecule has 6 heteroatoms. The van der Waals surface area contributed by atoms with E-state index in [1.807, 2.05) is 4.90 Å². The molecule has 32 heavy (non-hydrogen) atoms. The Kier molecular flexibility index (Phi) is 3.47. The summed E-state index contributed by atoms with van der Waals surface area (Å²) in [6.45, 7) is 3.22. The van der Waals surface area contributed by atoms with Crippen molar-refractivity contribution >= 4 is 11.6 Å². The third-order valence-corrected chi connectivity index (χ3v) is 7.74. The molecule has 0 spiro atoms. The molecule has 2 bridgehead atoms. The Bertz CT molecular complexity index is 1380. The number of aromatic nitrogens is 3. The molecule has 0 radical (unpaired) electrons. The lowest BCUT2D eigenvalue weighted by Gasteiger charge is -2.47. The molecule has 1 fully saturated rings. The summed E-state index contributed by atoms with van der Waals surface area (Å²) in [5, 5.41) is 2.90. The SMILES string of the molecule is Cc1cc(=O)n2[nH]cc(C(=O)N3C[C@@H]4C5c6ccccc6C(c6ccccc65)[C@H]4C3)c2n1. The zero-order chi connectivity index (χ0) is 21.6. The average Bonchev–Trinajstić information content (AvgIpc) is 3.43. The fraction of sp³-hybridized carbons (Fsp3) is 0.269. The van der Waals surface area contributed by atoms with Crippen LogP contribution < -0.4 is 5.56 Å². The van der Waals surface area contributed by atoms with E-state index in [2.05, 4.69) is 58.6 Å². The number of fused-ring (bicyclic) bond motifs is 1. The van der Waals surface area contributed by atoms with Gasteiger partial charge in [0.1, 0.15) is 5.56 Å². The summed E-state index contributed by atoms with van der Waals surface area (Å²) in [4.78, 5) is 32.3. The predicted octanol–water partition coefficient (Wildman–Crippen LogP) is 3.31. The van der Waals surface area contributed by atoms with Gasteiger partial charge in [-0.25, -0.2) is 9.50 Å². The summed E-state index contributed by atoms with van der Waals surface area (Å²) in [6.07, 6.45) is 1.62. The van der Waals surface area contributed by atoms with Crippen molar-refractivity contribution in [3.05, 3.63) is 105 Å². The first-order valence-corrected chi connectivity index (χ1v) is 11.2. The maximum atomic E-state index is 13.6. The van der Waals surface area contributed by atoms with Gasteiger partial charge < -0.3 is 4.90 Å². The van der Waals surface area contributed by atoms with Gasteiger partial charge in [0.25, 0.3) is 11.5 Å². The van der Waals surface area contributed by atoms with Crippen molar-refractivity contribution < 1.29 is 4.79 Å². The van der Waals surface area contributed by atoms with E-state index in [4.69, 9.17) is 0 Å². The first-order valence-electron chi connectivity index (χ1n) is 11.2. The van der Waals surface area contributed by atoms with E-state index in [1.165, 1.54) is 32.8 Å². The Morgan fingerprint density at radius 1 is 0.938 bits per heavy atom. The van der Waals surface area contributed by atoms with Crippen LogP contribution in [0.15, 0.2) is 65.6 Å². The second-order valence-corrected chi connectivity index (χ2v) is 9.33. The summed E-state index contributed by atoms with van der Waals surface area (Å²) < 4.78 is 1.35. The average molecular weight is 422 g/mol. The fourth-order valence-corrected chi connectivity index (χ4v) is 6.56. The number of aromatic amines is 1. The number of likely N-dealkylation sites (tertiary alicyclic amines) is 1. The molecular weight excluding hydrogens is 400 g/mol. The molecule has 1 N–H and O–H groups in total. The summed E-state index contributed by atoms with van der Waals surface area (Å²) in [7, 11) is 0. The van der Waals surface area contributed by atoms with Crippen LogP contribution >= 0.6 is 0 Å². The van der Waals surface area contributed by atoms with Crippen molar-refractivity contribution in [2.45, 2.75) is 18.8 Å². The number of H-pyrrole nitrogens is 1. The van der Waals surface area contributed by atoms with Gasteiger partial charge in [-0.3, -0.25) is 14.7 Å². The van der Waals surface area contributed by atoms with Crippen LogP contribution in [0.25, 0.3) is 5.65 Å². The molecule has 2 aromatic carbocycles. The summed E-state index contributed by atoms with van der Waals surface area (Å²) in [5.41, 5.74) is 6.96. The molecule has 0 unspecified atom stereocenters. The molecule has 2 atom stereocenters. The molecule has 3 heterocycles. The van der Waals surface area contributed by atoms with Crippen LogP contribution in [0.5, 0.6) is 0 Å². The second kappa shape index (κ2) is 6.19. The van der Waals surface area contributed by atoms with Crippen LogP contribution in [-0.4, -0.2) is 38.5 Å². The highest BCUT2D eigenvalue weighted by atomic mass is 16.2. The highest BCUT2D eigenvalue weighted by Crippen LogP contribution is 2.60. The number of hydrogen-bond donors (Lipinski definition) is 1. The van der Waals surface area contributed by atoms with Gasteiger partial charge in [0.2, 0.25) is 0 Å². The molecule has 3 aliphatic carbocycles. The molecule has 4 aromatic rings. The van der Waals surface area contributed by atoms with E-state index in [0.717, 1.165) is 13.1 Å². The third-order valence-electron chi connectivity index (χ3n) is 7.74. The zero-order valence-corrected chi connectivity index (χ0v) is 17.7. The molecular formula is C26H22N4O2. The van der Waals surface area contributed by atoms with Gasteiger partial charge in [-0.1, -0.05) is 48.5 Å². The lowest BCUT2D eigenvalue weighted by molar-refractivity contribution is 0.0785. The maximum Gasteiger partial charge on any atom is 0.272 e. The Morgan fingerprint density at radius 3 is 2.00 bits per heavy atom. The number of rotatable bonds is 1. The van der Waals surface area contributed by atoms with Crippen LogP contribution in [0.3, 0.4) is 0 Å². The highest BCUT2D eigenvalue weighted by molar-refractivity contribution is 5.99. The number of carbonyl (C=O) groups excluding carboxylic acids is 1. The van der Waals surface area contributed by atoms with Crippen molar-refractivity contribution in [2.75, 3.05) is 13.1 Å². The van der Waals surface area contributed by atoms with Crippen LogP contribution in [-0.2, 0) is 0 Å². The first kappa shape index (κ1) is 18.0. The largest absolute Gasteiger partial charge is 0.338 e. The van der Waals surface area contributed by atoms with E-state index < -0.39 is 0 Å². The topological polar surface area (TPSA) is 70.5 Å². The zero-order valence-electron chi connectivity index (χ0n) is 17.7. The predicted molar refractivity (Wildman–Crippen MR) is 120 cm³/mol. The van der Waals surface area contributed by atoms with Crippen LogP contribution in [0.4, 0.5) is 0 Å². The number of carbonyl (C=O) groups is 1. The Hall–Kier alpha value is -3.67. The van der Waals surface area contributed by atoms with E-state index in [9.17, 15) is 9.59 Å². The van der Waals surface area contributed by atoms with Crippen LogP contribution in [0.2, 0.25) is 0 Å². The molecule has 2 aromatic heterocycles. The van der Waals surface area contributed by atoms with Gasteiger partial charge in [0.15, 0.2) is 5.65 Å². The van der Waals surface area contributed by atoms with Crippen LogP contribution in [0.1, 0.15) is 50.1 Å². The van der Waals surface area contributed by atoms with Gasteiger partial charge in [0.05, 0.1) is 0 Å². The minimum atomic E-state index is -0.203. The maximum absolute atomic E-state index is 13.6. The number of amides is 1. The number of hydrogen-bond acceptors (Lipinski definition) is 3. The van der Waals surface area contributed by atoms with Crippen molar-refractivity contribution in [3.8, 4) is 0 Å². The van der Waals surface area contributed by atoms with Crippen molar-refractivity contribution in [3.63, 3.8) is 0 Å². The van der Waals surface area contributed by atoms with E-state index in [0.29, 0.717) is 40.6 Å². The molecule has 1 aliphatic heterocycles. The summed E-state index contributed by atoms with van der Waals surface area (Å²) in [5.74, 6) is 1.39. The molecule has 0 saturated carbocycles. The third kappa shape index (κ3) is 2.22. The Morgan fingerprint density at radius 2 is 1.47 bits per heavy atom. The lowest BCUT2D eigenvalue weighted by atomic mass is 9.55. The molecule has 1 saturated heterocycles. The van der Waals surface area contributed by atoms with E-state index in [-0.39, 0.29) is 11.5 Å². The minimum Gasteiger partial charge on any atom is -0.338 e. The number of benzene rings is 2. The van der Waals surface area contributed by atoms with Crippen LogP contribution in [0, 0.1) is 18.8 Å². The minimum absolute atomic E-state index is 0.0526. The van der Waals surface area contributed by atoms with Crippen molar-refractivity contribution in [1.82, 2.24) is 19.5 Å². The number of nitrogens with one attached hydrogen (secondary N) is 1. The van der Waals surface area contributed by atoms with Crippen molar-refractivity contribution in [1.29, 1.82) is 0 Å². The number of nitrogens with zero attached hydrogens (tertiary/aromatic N) is 3. The summed E-state index contributed by atoms with van der Waals surface area (Å²) in [6, 6.07) is 19.1. The van der Waals surface area contributed by atoms with E-state index in [1.54, 1.807) is 13.1 Å².